The third-order valence-electron chi connectivity index (χ3n) is 10.7. The van der Waals surface area contributed by atoms with Gasteiger partial charge in [-0.2, -0.15) is 4.31 Å². The van der Waals surface area contributed by atoms with E-state index in [0.29, 0.717) is 63.1 Å². The van der Waals surface area contributed by atoms with Crippen LogP contribution < -0.4 is 5.73 Å². The summed E-state index contributed by atoms with van der Waals surface area (Å²) < 4.78 is 64.9. The first-order valence-electron chi connectivity index (χ1n) is 16.0. The lowest BCUT2D eigenvalue weighted by molar-refractivity contribution is -0.135. The molecule has 2 atom stereocenters. The van der Waals surface area contributed by atoms with Gasteiger partial charge in [-0.3, -0.25) is 4.79 Å². The van der Waals surface area contributed by atoms with Crippen LogP contribution in [0.3, 0.4) is 0 Å². The number of sulfonamides is 1. The van der Waals surface area contributed by atoms with E-state index >= 15 is 0 Å². The number of nitrogens with zero attached hydrogens (tertiary/aromatic N) is 2. The van der Waals surface area contributed by atoms with E-state index in [1.54, 1.807) is 4.90 Å². The summed E-state index contributed by atoms with van der Waals surface area (Å²) in [5.74, 6) is -1.68. The molecule has 2 aromatic carbocycles. The van der Waals surface area contributed by atoms with Gasteiger partial charge in [0.05, 0.1) is 22.4 Å². The van der Waals surface area contributed by atoms with Gasteiger partial charge >= 0.3 is 6.09 Å². The van der Waals surface area contributed by atoms with Crippen LogP contribution in [0.4, 0.5) is 13.6 Å². The van der Waals surface area contributed by atoms with Crippen LogP contribution in [0.1, 0.15) is 88.7 Å². The number of halogens is 3. The van der Waals surface area contributed by atoms with Crippen LogP contribution in [0, 0.1) is 23.0 Å². The van der Waals surface area contributed by atoms with Gasteiger partial charge in [-0.15, -0.1) is 0 Å². The third-order valence-corrected chi connectivity index (χ3v) is 12.8. The van der Waals surface area contributed by atoms with Crippen LogP contribution in [0.15, 0.2) is 47.4 Å². The molecule has 0 radical (unpaired) electrons. The van der Waals surface area contributed by atoms with Crippen LogP contribution >= 0.6 is 11.6 Å². The molecule has 4 aliphatic rings. The Bertz CT molecular complexity index is 1520. The Morgan fingerprint density at radius 1 is 0.867 bits per heavy atom. The Morgan fingerprint density at radius 3 is 2.07 bits per heavy atom. The number of hydrogen-bond acceptors (Lipinski definition) is 5. The van der Waals surface area contributed by atoms with Crippen molar-refractivity contribution in [3.8, 4) is 0 Å². The van der Waals surface area contributed by atoms with Gasteiger partial charge in [0.15, 0.2) is 0 Å². The molecule has 2 aromatic rings. The molecule has 6 rings (SSSR count). The molecule has 0 spiro atoms. The van der Waals surface area contributed by atoms with E-state index in [4.69, 9.17) is 22.1 Å². The summed E-state index contributed by atoms with van der Waals surface area (Å²) in [6.45, 7) is 0.661. The number of amides is 2. The smallest absolute Gasteiger partial charge is 0.410 e. The highest BCUT2D eigenvalue weighted by molar-refractivity contribution is 7.89. The van der Waals surface area contributed by atoms with Crippen LogP contribution in [-0.4, -0.2) is 54.4 Å². The monoisotopic (exact) mass is 663 g/mol. The average Bonchev–Trinajstić information content (AvgIpc) is 3.81. The molecule has 45 heavy (non-hydrogen) atoms. The fourth-order valence-corrected chi connectivity index (χ4v) is 10.1. The number of piperidine rings is 2. The highest BCUT2D eigenvalue weighted by Crippen LogP contribution is 2.53. The number of rotatable bonds is 7. The van der Waals surface area contributed by atoms with Crippen molar-refractivity contribution in [3.05, 3.63) is 64.7 Å². The zero-order valence-electron chi connectivity index (χ0n) is 25.2. The number of ether oxygens (including phenoxy) is 1. The number of primary amides is 1. The average molecular weight is 664 g/mol. The standard InChI is InChI=1S/C33H40ClF2N3O5S/c34-24-9-11-27(12-10-24)45(42,43)39-28(22-19-25(35)21-26(36)20-22)7-4-8-29(39)33(13-14-33)44-31(41)38-17-15-32(16-18-38,30(37)40)23-5-2-1-3-6-23/h9-12,19-21,23,28-29H,1-8,13-18H2,(H2,37,40). The predicted molar refractivity (Wildman–Crippen MR) is 165 cm³/mol. The molecule has 12 heteroatoms. The van der Waals surface area contributed by atoms with Crippen molar-refractivity contribution in [1.29, 1.82) is 0 Å². The molecule has 2 amide bonds. The van der Waals surface area contributed by atoms with E-state index in [2.05, 4.69) is 0 Å². The molecule has 4 fully saturated rings. The van der Waals surface area contributed by atoms with Gasteiger partial charge in [-0.05, 0) is 106 Å². The van der Waals surface area contributed by atoms with Crippen molar-refractivity contribution in [2.75, 3.05) is 13.1 Å². The second-order valence-corrected chi connectivity index (χ2v) is 15.5. The number of benzene rings is 2. The van der Waals surface area contributed by atoms with Gasteiger partial charge in [0.25, 0.3) is 0 Å². The van der Waals surface area contributed by atoms with Crippen LogP contribution in [0.5, 0.6) is 0 Å². The van der Waals surface area contributed by atoms with Crippen molar-refractivity contribution in [1.82, 2.24) is 9.21 Å². The van der Waals surface area contributed by atoms with Crippen molar-refractivity contribution in [2.24, 2.45) is 17.1 Å². The largest absolute Gasteiger partial charge is 0.441 e. The number of hydrogen-bond donors (Lipinski definition) is 1. The molecular weight excluding hydrogens is 624 g/mol. The quantitative estimate of drug-likeness (QED) is 0.354. The Labute approximate surface area is 268 Å². The highest BCUT2D eigenvalue weighted by atomic mass is 35.5. The third kappa shape index (κ3) is 6.20. The maximum absolute atomic E-state index is 14.4. The molecule has 0 bridgehead atoms. The Balaban J connectivity index is 1.26. The zero-order valence-corrected chi connectivity index (χ0v) is 26.8. The first kappa shape index (κ1) is 32.2. The summed E-state index contributed by atoms with van der Waals surface area (Å²) in [5, 5.41) is 0.367. The maximum atomic E-state index is 14.4. The predicted octanol–water partition coefficient (Wildman–Crippen LogP) is 6.72. The molecular formula is C33H40ClF2N3O5S. The fraction of sp³-hybridized carbons (Fsp3) is 0.576. The van der Waals surface area contributed by atoms with E-state index < -0.39 is 50.9 Å². The topological polar surface area (TPSA) is 110 Å². The fourth-order valence-electron chi connectivity index (χ4n) is 8.08. The summed E-state index contributed by atoms with van der Waals surface area (Å²) in [5.41, 5.74) is 4.46. The number of likely N-dealkylation sites (tertiary alicyclic amines) is 1. The van der Waals surface area contributed by atoms with Crippen molar-refractivity contribution in [3.63, 3.8) is 0 Å². The minimum Gasteiger partial charge on any atom is -0.441 e. The van der Waals surface area contributed by atoms with E-state index in [1.807, 2.05) is 0 Å². The molecule has 0 aromatic heterocycles. The Hall–Kier alpha value is -2.76. The summed E-state index contributed by atoms with van der Waals surface area (Å²) in [7, 11) is -4.22. The van der Waals surface area contributed by atoms with Crippen molar-refractivity contribution >= 4 is 33.6 Å². The van der Waals surface area contributed by atoms with Crippen LogP contribution in [0.25, 0.3) is 0 Å². The second-order valence-electron chi connectivity index (χ2n) is 13.2. The van der Waals surface area contributed by atoms with Gasteiger partial charge < -0.3 is 15.4 Å². The lowest BCUT2D eigenvalue weighted by Gasteiger charge is -2.47. The van der Waals surface area contributed by atoms with Crippen molar-refractivity contribution in [2.45, 2.75) is 99.6 Å². The van der Waals surface area contributed by atoms with Gasteiger partial charge in [0.2, 0.25) is 15.9 Å². The van der Waals surface area contributed by atoms with Crippen LogP contribution in [-0.2, 0) is 19.6 Å². The zero-order chi connectivity index (χ0) is 32.0. The van der Waals surface area contributed by atoms with E-state index in [-0.39, 0.29) is 22.3 Å². The number of carbonyl (C=O) groups excluding carboxylic acids is 2. The number of nitrogens with two attached hydrogens (primary N) is 1. The van der Waals surface area contributed by atoms with E-state index in [0.717, 1.165) is 50.3 Å². The van der Waals surface area contributed by atoms with Gasteiger partial charge in [0.1, 0.15) is 17.2 Å². The molecule has 2 aliphatic heterocycles. The van der Waals surface area contributed by atoms with Crippen molar-refractivity contribution < 1.29 is 31.5 Å². The van der Waals surface area contributed by atoms with E-state index in [1.165, 1.54) is 28.6 Å². The molecule has 2 saturated carbocycles. The minimum atomic E-state index is -4.22. The first-order chi connectivity index (χ1) is 21.4. The molecule has 2 saturated heterocycles. The molecule has 2 aliphatic carbocycles. The van der Waals surface area contributed by atoms with Crippen LogP contribution in [0.2, 0.25) is 5.02 Å². The molecule has 8 nitrogen and oxygen atoms in total. The second kappa shape index (κ2) is 12.4. The molecule has 2 N–H and O–H groups in total. The summed E-state index contributed by atoms with van der Waals surface area (Å²) >= 11 is 6.05. The van der Waals surface area contributed by atoms with Gasteiger partial charge in [-0.25, -0.2) is 22.0 Å². The summed E-state index contributed by atoms with van der Waals surface area (Å²) in [6, 6.07) is 7.24. The molecule has 2 unspecified atom stereocenters. The Morgan fingerprint density at radius 2 is 1.49 bits per heavy atom. The van der Waals surface area contributed by atoms with Gasteiger partial charge in [0, 0.05) is 24.2 Å². The molecule has 2 heterocycles. The normalized spacial score (nSPS) is 25.4. The summed E-state index contributed by atoms with van der Waals surface area (Å²) in [4.78, 5) is 28.0. The van der Waals surface area contributed by atoms with Gasteiger partial charge in [-0.1, -0.05) is 30.9 Å². The first-order valence-corrected chi connectivity index (χ1v) is 17.8. The minimum absolute atomic E-state index is 0.00987. The highest BCUT2D eigenvalue weighted by Gasteiger charge is 2.60. The maximum Gasteiger partial charge on any atom is 0.410 e. The lowest BCUT2D eigenvalue weighted by Crippen LogP contribution is -2.56. The lowest BCUT2D eigenvalue weighted by atomic mass is 9.63. The molecule has 244 valence electrons. The summed E-state index contributed by atoms with van der Waals surface area (Å²) in [6.07, 6.45) is 7.91. The number of carbonyl (C=O) groups is 2. The SMILES string of the molecule is NC(=O)C1(C2CCCCC2)CCN(C(=O)OC2(C3CCCC(c4cc(F)cc(F)c4)N3S(=O)(=O)c3ccc(Cl)cc3)CC2)CC1. The Kier molecular flexibility index (Phi) is 8.91. The van der Waals surface area contributed by atoms with E-state index in [9.17, 15) is 26.8 Å².